The van der Waals surface area contributed by atoms with E-state index in [1.165, 1.54) is 12.1 Å². The molecule has 1 aliphatic rings. The van der Waals surface area contributed by atoms with Crippen molar-refractivity contribution < 1.29 is 14.3 Å². The molecule has 17 heavy (non-hydrogen) atoms. The third kappa shape index (κ3) is 2.94. The number of nitrogens with one attached hydrogen (secondary N) is 1. The van der Waals surface area contributed by atoms with Crippen LogP contribution in [0.15, 0.2) is 27.6 Å². The van der Waals surface area contributed by atoms with Crippen LogP contribution >= 0.6 is 0 Å². The van der Waals surface area contributed by atoms with E-state index >= 15 is 0 Å². The monoisotopic (exact) mass is 237 g/mol. The molecule has 0 aromatic carbocycles. The van der Waals surface area contributed by atoms with Crippen LogP contribution in [-0.4, -0.2) is 23.7 Å². The molecule has 1 aromatic rings. The van der Waals surface area contributed by atoms with E-state index in [1.54, 1.807) is 0 Å². The fraction of sp³-hybridized carbons (Fsp3) is 0.500. The van der Waals surface area contributed by atoms with Crippen LogP contribution < -0.4 is 10.9 Å². The van der Waals surface area contributed by atoms with E-state index in [9.17, 15) is 14.7 Å². The van der Waals surface area contributed by atoms with E-state index in [2.05, 4.69) is 9.73 Å². The van der Waals surface area contributed by atoms with Crippen LogP contribution in [0.2, 0.25) is 0 Å². The highest BCUT2D eigenvalue weighted by Gasteiger charge is 2.25. The van der Waals surface area contributed by atoms with Crippen LogP contribution in [-0.2, 0) is 0 Å². The van der Waals surface area contributed by atoms with Gasteiger partial charge in [0.1, 0.15) is 6.26 Å². The molecule has 2 N–H and O–H groups in total. The van der Waals surface area contributed by atoms with Crippen LogP contribution in [0.25, 0.3) is 0 Å². The molecule has 5 heteroatoms. The van der Waals surface area contributed by atoms with Crippen LogP contribution in [0.1, 0.15) is 29.6 Å². The van der Waals surface area contributed by atoms with Gasteiger partial charge in [0, 0.05) is 18.5 Å². The Kier molecular flexibility index (Phi) is 3.58. The maximum absolute atomic E-state index is 11.7. The topological polar surface area (TPSA) is 79.5 Å². The molecule has 0 saturated heterocycles. The highest BCUT2D eigenvalue weighted by Crippen LogP contribution is 2.24. The first-order chi connectivity index (χ1) is 8.16. The van der Waals surface area contributed by atoms with Crippen LogP contribution in [0, 0.1) is 5.92 Å². The third-order valence-electron chi connectivity index (χ3n) is 3.11. The fourth-order valence-corrected chi connectivity index (χ4v) is 2.07. The first-order valence-electron chi connectivity index (χ1n) is 5.72. The summed E-state index contributed by atoms with van der Waals surface area (Å²) in [4.78, 5) is 22.4. The Bertz CT molecular complexity index is 434. The van der Waals surface area contributed by atoms with E-state index in [0.717, 1.165) is 25.5 Å². The lowest BCUT2D eigenvalue weighted by molar-refractivity contribution is 0.0914. The Morgan fingerprint density at radius 1 is 1.47 bits per heavy atom. The molecule has 92 valence electrons. The van der Waals surface area contributed by atoms with Crippen LogP contribution in [0.4, 0.5) is 0 Å². The molecular weight excluding hydrogens is 222 g/mol. The fourth-order valence-electron chi connectivity index (χ4n) is 2.07. The normalized spacial score (nSPS) is 23.6. The Balaban J connectivity index is 1.89. The summed E-state index contributed by atoms with van der Waals surface area (Å²) >= 11 is 0. The number of aliphatic hydroxyl groups is 1. The van der Waals surface area contributed by atoms with Crippen molar-refractivity contribution in [3.63, 3.8) is 0 Å². The number of hydrogen-bond acceptors (Lipinski definition) is 4. The van der Waals surface area contributed by atoms with Gasteiger partial charge in [0.05, 0.1) is 11.7 Å². The zero-order valence-electron chi connectivity index (χ0n) is 9.39. The van der Waals surface area contributed by atoms with Crippen molar-refractivity contribution >= 4 is 5.91 Å². The van der Waals surface area contributed by atoms with Crippen molar-refractivity contribution in [2.24, 2.45) is 5.92 Å². The maximum Gasteiger partial charge on any atom is 0.335 e. The quantitative estimate of drug-likeness (QED) is 0.803. The molecular formula is C12H15NO4. The number of rotatable bonds is 3. The van der Waals surface area contributed by atoms with Gasteiger partial charge in [0.15, 0.2) is 0 Å². The highest BCUT2D eigenvalue weighted by atomic mass is 16.4. The van der Waals surface area contributed by atoms with E-state index in [-0.39, 0.29) is 17.9 Å². The van der Waals surface area contributed by atoms with E-state index in [4.69, 9.17) is 0 Å². The van der Waals surface area contributed by atoms with Crippen molar-refractivity contribution in [2.45, 2.75) is 25.4 Å². The Morgan fingerprint density at radius 2 is 2.29 bits per heavy atom. The summed E-state index contributed by atoms with van der Waals surface area (Å²) in [5.74, 6) is -0.150. The minimum atomic E-state index is -0.479. The molecule has 0 aliphatic heterocycles. The average molecular weight is 237 g/mol. The van der Waals surface area contributed by atoms with Gasteiger partial charge in [-0.15, -0.1) is 0 Å². The van der Waals surface area contributed by atoms with E-state index in [0.29, 0.717) is 12.1 Å². The second kappa shape index (κ2) is 5.14. The van der Waals surface area contributed by atoms with Crippen molar-refractivity contribution in [1.29, 1.82) is 0 Å². The molecule has 5 nitrogen and oxygen atoms in total. The van der Waals surface area contributed by atoms with Crippen molar-refractivity contribution in [1.82, 2.24) is 5.32 Å². The van der Waals surface area contributed by atoms with Crippen LogP contribution in [0.5, 0.6) is 0 Å². The zero-order valence-corrected chi connectivity index (χ0v) is 9.39. The van der Waals surface area contributed by atoms with Crippen molar-refractivity contribution in [3.05, 3.63) is 34.4 Å². The molecule has 1 saturated carbocycles. The summed E-state index contributed by atoms with van der Waals surface area (Å²) < 4.78 is 4.61. The predicted molar refractivity (Wildman–Crippen MR) is 60.7 cm³/mol. The standard InChI is InChI=1S/C12H15NO4/c14-10-3-1-2-8(10)6-13-12(16)9-4-5-11(15)17-7-9/h4-5,7-8,10,14H,1-3,6H2,(H,13,16). The predicted octanol–water partition coefficient (Wildman–Crippen LogP) is 0.531. The number of carbonyl (C=O) groups is 1. The minimum Gasteiger partial charge on any atom is -0.430 e. The summed E-state index contributed by atoms with van der Waals surface area (Å²) in [5, 5.41) is 12.3. The summed E-state index contributed by atoms with van der Waals surface area (Å²) in [5.41, 5.74) is -0.162. The lowest BCUT2D eigenvalue weighted by Gasteiger charge is -2.14. The van der Waals surface area contributed by atoms with E-state index in [1.807, 2.05) is 0 Å². The molecule has 1 heterocycles. The first-order valence-corrected chi connectivity index (χ1v) is 5.72. The summed E-state index contributed by atoms with van der Waals surface area (Å²) in [6, 6.07) is 2.63. The molecule has 1 fully saturated rings. The lowest BCUT2D eigenvalue weighted by Crippen LogP contribution is -2.32. The van der Waals surface area contributed by atoms with Gasteiger partial charge in [0.2, 0.25) is 0 Å². The third-order valence-corrected chi connectivity index (χ3v) is 3.11. The molecule has 0 spiro atoms. The second-order valence-electron chi connectivity index (χ2n) is 4.31. The lowest BCUT2D eigenvalue weighted by atomic mass is 10.1. The molecule has 2 atom stereocenters. The van der Waals surface area contributed by atoms with Crippen LogP contribution in [0.3, 0.4) is 0 Å². The summed E-state index contributed by atoms with van der Waals surface area (Å²) in [6.45, 7) is 0.457. The smallest absolute Gasteiger partial charge is 0.335 e. The molecule has 2 unspecified atom stereocenters. The molecule has 0 bridgehead atoms. The van der Waals surface area contributed by atoms with Gasteiger partial charge >= 0.3 is 5.63 Å². The van der Waals surface area contributed by atoms with E-state index < -0.39 is 5.63 Å². The zero-order chi connectivity index (χ0) is 12.3. The summed E-state index contributed by atoms with van der Waals surface area (Å²) in [7, 11) is 0. The Labute approximate surface area is 98.5 Å². The highest BCUT2D eigenvalue weighted by molar-refractivity contribution is 5.93. The minimum absolute atomic E-state index is 0.134. The van der Waals surface area contributed by atoms with Gasteiger partial charge < -0.3 is 14.8 Å². The number of carbonyl (C=O) groups excluding carboxylic acids is 1. The molecule has 1 aliphatic carbocycles. The molecule has 0 radical (unpaired) electrons. The Morgan fingerprint density at radius 3 is 2.88 bits per heavy atom. The van der Waals surface area contributed by atoms with Crippen molar-refractivity contribution in [3.8, 4) is 0 Å². The number of hydrogen-bond donors (Lipinski definition) is 2. The molecule has 2 rings (SSSR count). The SMILES string of the molecule is O=C(NCC1CCCC1O)c1ccc(=O)oc1. The number of aliphatic hydroxyl groups excluding tert-OH is 1. The van der Waals surface area contributed by atoms with Gasteiger partial charge in [-0.2, -0.15) is 0 Å². The molecule has 1 amide bonds. The van der Waals surface area contributed by atoms with Crippen molar-refractivity contribution in [2.75, 3.05) is 6.54 Å². The first kappa shape index (κ1) is 11.9. The van der Waals surface area contributed by atoms with Gasteiger partial charge in [-0.05, 0) is 18.9 Å². The number of amides is 1. The maximum atomic E-state index is 11.7. The molecule has 1 aromatic heterocycles. The largest absolute Gasteiger partial charge is 0.430 e. The van der Waals surface area contributed by atoms with Gasteiger partial charge in [0.25, 0.3) is 5.91 Å². The summed E-state index contributed by atoms with van der Waals surface area (Å²) in [6.07, 6.45) is 3.57. The second-order valence-corrected chi connectivity index (χ2v) is 4.31. The van der Waals surface area contributed by atoms with Gasteiger partial charge in [-0.25, -0.2) is 4.79 Å². The van der Waals surface area contributed by atoms with Gasteiger partial charge in [-0.1, -0.05) is 6.42 Å². The Hall–Kier alpha value is -1.62. The average Bonchev–Trinajstić information content (AvgIpc) is 2.73. The van der Waals surface area contributed by atoms with Gasteiger partial charge in [-0.3, -0.25) is 4.79 Å².